The number of ether oxygens (including phenoxy) is 1. The van der Waals surface area contributed by atoms with Crippen LogP contribution < -0.4 is 0 Å². The number of esters is 1. The molecule has 0 bridgehead atoms. The van der Waals surface area contributed by atoms with E-state index in [2.05, 4.69) is 4.74 Å². The van der Waals surface area contributed by atoms with E-state index >= 15 is 0 Å². The number of aliphatic carboxylic acids is 1. The Morgan fingerprint density at radius 1 is 1.50 bits per heavy atom. The Morgan fingerprint density at radius 2 is 2.07 bits per heavy atom. The van der Waals surface area contributed by atoms with E-state index in [0.717, 1.165) is 0 Å². The van der Waals surface area contributed by atoms with Gasteiger partial charge < -0.3 is 14.6 Å². The first-order valence-corrected chi connectivity index (χ1v) is 4.36. The molecule has 0 aliphatic heterocycles. The van der Waals surface area contributed by atoms with Crippen molar-refractivity contribution < 1.29 is 24.2 Å². The van der Waals surface area contributed by atoms with Gasteiger partial charge in [-0.15, -0.1) is 0 Å². The van der Waals surface area contributed by atoms with Crippen LogP contribution in [0.4, 0.5) is 0 Å². The molecule has 0 aliphatic rings. The lowest BCUT2D eigenvalue weighted by atomic mass is 9.92. The summed E-state index contributed by atoms with van der Waals surface area (Å²) in [4.78, 5) is 32.1. The highest BCUT2D eigenvalue weighted by molar-refractivity contribution is 5.81. The average Bonchev–Trinajstić information content (AvgIpc) is 2.13. The van der Waals surface area contributed by atoms with Gasteiger partial charge in [0.2, 0.25) is 0 Å². The second-order valence-corrected chi connectivity index (χ2v) is 2.95. The monoisotopic (exact) mass is 202 g/mol. The van der Waals surface area contributed by atoms with Gasteiger partial charge in [-0.1, -0.05) is 6.92 Å². The summed E-state index contributed by atoms with van der Waals surface area (Å²) in [5.74, 6) is -3.26. The molecule has 0 aromatic carbocycles. The second-order valence-electron chi connectivity index (χ2n) is 2.95. The van der Waals surface area contributed by atoms with Gasteiger partial charge in [0.25, 0.3) is 0 Å². The zero-order valence-electron chi connectivity index (χ0n) is 8.23. The second kappa shape index (κ2) is 6.12. The van der Waals surface area contributed by atoms with Crippen molar-refractivity contribution in [3.05, 3.63) is 0 Å². The maximum Gasteiger partial charge on any atom is 0.310 e. The van der Waals surface area contributed by atoms with E-state index in [9.17, 15) is 14.4 Å². The van der Waals surface area contributed by atoms with E-state index in [0.29, 0.717) is 6.29 Å². The summed E-state index contributed by atoms with van der Waals surface area (Å²) in [5.41, 5.74) is 0. The minimum absolute atomic E-state index is 0.181. The maximum atomic E-state index is 11.2. The van der Waals surface area contributed by atoms with E-state index in [-0.39, 0.29) is 13.0 Å². The fourth-order valence-electron chi connectivity index (χ4n) is 1.02. The third-order valence-corrected chi connectivity index (χ3v) is 1.83. The first kappa shape index (κ1) is 12.6. The normalized spacial score (nSPS) is 14.1. The number of hydrogen-bond acceptors (Lipinski definition) is 4. The van der Waals surface area contributed by atoms with Crippen molar-refractivity contribution >= 4 is 18.2 Å². The summed E-state index contributed by atoms with van der Waals surface area (Å²) in [5, 5.41) is 8.52. The molecule has 0 saturated carbocycles. The van der Waals surface area contributed by atoms with Crippen LogP contribution in [-0.4, -0.2) is 29.9 Å². The van der Waals surface area contributed by atoms with E-state index < -0.39 is 23.8 Å². The molecule has 0 saturated heterocycles. The predicted octanol–water partition coefficient (Wildman–Crippen LogP) is 0.475. The molecule has 80 valence electrons. The lowest BCUT2D eigenvalue weighted by molar-refractivity contribution is -0.155. The van der Waals surface area contributed by atoms with Gasteiger partial charge in [0.1, 0.15) is 6.29 Å². The summed E-state index contributed by atoms with van der Waals surface area (Å²) in [7, 11) is 0. The lowest BCUT2D eigenvalue weighted by Gasteiger charge is -2.15. The summed E-state index contributed by atoms with van der Waals surface area (Å²) in [6, 6.07) is 0. The van der Waals surface area contributed by atoms with Crippen molar-refractivity contribution in [2.24, 2.45) is 11.8 Å². The van der Waals surface area contributed by atoms with Gasteiger partial charge in [-0.05, 0) is 6.92 Å². The largest absolute Gasteiger partial charge is 0.481 e. The van der Waals surface area contributed by atoms with Crippen LogP contribution in [0.5, 0.6) is 0 Å². The van der Waals surface area contributed by atoms with Crippen LogP contribution in [0.15, 0.2) is 0 Å². The number of aldehydes is 1. The average molecular weight is 202 g/mol. The number of rotatable bonds is 6. The zero-order valence-corrected chi connectivity index (χ0v) is 8.23. The van der Waals surface area contributed by atoms with E-state index in [1.165, 1.54) is 6.92 Å². The summed E-state index contributed by atoms with van der Waals surface area (Å²) in [6.07, 6.45) is 0.184. The lowest BCUT2D eigenvalue weighted by Crippen LogP contribution is -2.27. The quantitative estimate of drug-likeness (QED) is 0.500. The molecule has 14 heavy (non-hydrogen) atoms. The number of carbonyl (C=O) groups is 3. The van der Waals surface area contributed by atoms with E-state index in [1.807, 2.05) is 0 Å². The van der Waals surface area contributed by atoms with Gasteiger partial charge in [-0.2, -0.15) is 0 Å². The van der Waals surface area contributed by atoms with Crippen LogP contribution in [0.25, 0.3) is 0 Å². The fourth-order valence-corrected chi connectivity index (χ4v) is 1.02. The van der Waals surface area contributed by atoms with E-state index in [4.69, 9.17) is 5.11 Å². The molecule has 0 aliphatic carbocycles. The Hall–Kier alpha value is -1.39. The molecule has 2 atom stereocenters. The van der Waals surface area contributed by atoms with Crippen molar-refractivity contribution in [1.82, 2.24) is 0 Å². The Morgan fingerprint density at radius 3 is 2.43 bits per heavy atom. The first-order chi connectivity index (χ1) is 6.52. The van der Waals surface area contributed by atoms with E-state index in [1.54, 1.807) is 6.92 Å². The van der Waals surface area contributed by atoms with Gasteiger partial charge in [0.05, 0.1) is 18.9 Å². The van der Waals surface area contributed by atoms with Gasteiger partial charge >= 0.3 is 11.9 Å². The van der Waals surface area contributed by atoms with Crippen LogP contribution >= 0.6 is 0 Å². The molecule has 2 unspecified atom stereocenters. The smallest absolute Gasteiger partial charge is 0.310 e. The van der Waals surface area contributed by atoms with Gasteiger partial charge in [0, 0.05) is 5.92 Å². The highest BCUT2D eigenvalue weighted by atomic mass is 16.5. The van der Waals surface area contributed by atoms with Crippen molar-refractivity contribution in [2.75, 3.05) is 6.61 Å². The molecule has 0 heterocycles. The molecule has 5 nitrogen and oxygen atoms in total. The Labute approximate surface area is 82.1 Å². The summed E-state index contributed by atoms with van der Waals surface area (Å²) >= 11 is 0. The van der Waals surface area contributed by atoms with Crippen LogP contribution in [0.2, 0.25) is 0 Å². The van der Waals surface area contributed by atoms with Crippen molar-refractivity contribution in [1.29, 1.82) is 0 Å². The molecule has 0 rings (SSSR count). The van der Waals surface area contributed by atoms with Crippen LogP contribution in [-0.2, 0) is 19.1 Å². The molecule has 0 spiro atoms. The third-order valence-electron chi connectivity index (χ3n) is 1.83. The standard InChI is InChI=1S/C9H14O5/c1-3-14-9(13)7(4-8(11)12)6(2)5-10/h5-7H,3-4H2,1-2H3,(H,11,12). The number of carboxylic acids is 1. The van der Waals surface area contributed by atoms with Crippen LogP contribution in [0.1, 0.15) is 20.3 Å². The topological polar surface area (TPSA) is 80.7 Å². The minimum Gasteiger partial charge on any atom is -0.481 e. The molecule has 0 fully saturated rings. The van der Waals surface area contributed by atoms with Crippen molar-refractivity contribution in [3.63, 3.8) is 0 Å². The molecule has 5 heteroatoms. The van der Waals surface area contributed by atoms with Crippen molar-refractivity contribution in [3.8, 4) is 0 Å². The molecule has 0 aromatic rings. The Bertz CT molecular complexity index is 223. The van der Waals surface area contributed by atoms with Gasteiger partial charge in [-0.3, -0.25) is 9.59 Å². The van der Waals surface area contributed by atoms with Crippen LogP contribution in [0.3, 0.4) is 0 Å². The highest BCUT2D eigenvalue weighted by Gasteiger charge is 2.28. The number of hydrogen-bond donors (Lipinski definition) is 1. The molecule has 0 aromatic heterocycles. The maximum absolute atomic E-state index is 11.2. The fraction of sp³-hybridized carbons (Fsp3) is 0.667. The summed E-state index contributed by atoms with van der Waals surface area (Å²) < 4.78 is 4.67. The Balaban J connectivity index is 4.45. The molecule has 0 amide bonds. The van der Waals surface area contributed by atoms with Crippen molar-refractivity contribution in [2.45, 2.75) is 20.3 Å². The zero-order chi connectivity index (χ0) is 11.1. The van der Waals surface area contributed by atoms with Gasteiger partial charge in [0.15, 0.2) is 0 Å². The third kappa shape index (κ3) is 4.02. The van der Waals surface area contributed by atoms with Gasteiger partial charge in [-0.25, -0.2) is 0 Å². The SMILES string of the molecule is CCOC(=O)C(CC(=O)O)C(C)C=O. The van der Waals surface area contributed by atoms with Crippen LogP contribution in [0, 0.1) is 11.8 Å². The first-order valence-electron chi connectivity index (χ1n) is 4.36. The predicted molar refractivity (Wildman–Crippen MR) is 47.6 cm³/mol. The molecular weight excluding hydrogens is 188 g/mol. The highest BCUT2D eigenvalue weighted by Crippen LogP contribution is 2.15. The Kier molecular flexibility index (Phi) is 5.52. The summed E-state index contributed by atoms with van der Waals surface area (Å²) in [6.45, 7) is 3.30. The number of carbonyl (C=O) groups excluding carboxylic acids is 2. The minimum atomic E-state index is -1.11. The number of carboxylic acid groups (broad SMARTS) is 1. The molecule has 0 radical (unpaired) electrons. The molecular formula is C9H14O5. The molecule has 1 N–H and O–H groups in total.